The molecule has 0 saturated carbocycles. The Hall–Kier alpha value is -0.470. The van der Waals surface area contributed by atoms with Gasteiger partial charge >= 0.3 is 0 Å². The molecule has 1 atom stereocenters. The summed E-state index contributed by atoms with van der Waals surface area (Å²) >= 11 is 5.89. The fourth-order valence-corrected chi connectivity index (χ4v) is 1.31. The van der Waals surface area contributed by atoms with Gasteiger partial charge in [0.1, 0.15) is 0 Å². The maximum atomic E-state index is 5.89. The lowest BCUT2D eigenvalue weighted by Crippen LogP contribution is -2.32. The summed E-state index contributed by atoms with van der Waals surface area (Å²) in [6, 6.07) is 0. The number of methoxy groups -OCH3 is 1. The van der Waals surface area contributed by atoms with E-state index in [-0.39, 0.29) is 6.23 Å². The van der Waals surface area contributed by atoms with E-state index >= 15 is 0 Å². The maximum Gasteiger partial charge on any atom is 0.152 e. The van der Waals surface area contributed by atoms with Gasteiger partial charge in [-0.15, -0.1) is 0 Å². The van der Waals surface area contributed by atoms with Gasteiger partial charge in [0.05, 0.1) is 0 Å². The normalized spacial score (nSPS) is 24.7. The van der Waals surface area contributed by atoms with Crippen molar-refractivity contribution < 1.29 is 4.74 Å². The smallest absolute Gasteiger partial charge is 0.152 e. The Bertz CT molecular complexity index is 210. The maximum absolute atomic E-state index is 5.89. The van der Waals surface area contributed by atoms with Crippen LogP contribution < -0.4 is 0 Å². The first-order valence-corrected chi connectivity index (χ1v) is 3.84. The average molecular weight is 174 g/mol. The van der Waals surface area contributed by atoms with E-state index in [9.17, 15) is 0 Å². The second-order valence-electron chi connectivity index (χ2n) is 2.60. The number of ether oxygens (including phenoxy) is 1. The zero-order valence-electron chi connectivity index (χ0n) is 6.97. The highest BCUT2D eigenvalue weighted by Gasteiger charge is 2.18. The molecule has 0 aromatic heterocycles. The van der Waals surface area contributed by atoms with Crippen molar-refractivity contribution in [1.29, 1.82) is 0 Å². The summed E-state index contributed by atoms with van der Waals surface area (Å²) in [6.07, 6.45) is 3.77. The number of hydrogen-bond donors (Lipinski definition) is 0. The predicted molar refractivity (Wildman–Crippen MR) is 46.3 cm³/mol. The predicted octanol–water partition coefficient (Wildman–Crippen LogP) is 1.93. The molecule has 1 aliphatic heterocycles. The molecule has 3 heteroatoms. The lowest BCUT2D eigenvalue weighted by Gasteiger charge is -2.29. The Morgan fingerprint density at radius 3 is 2.73 bits per heavy atom. The van der Waals surface area contributed by atoms with E-state index in [0.717, 1.165) is 10.6 Å². The lowest BCUT2D eigenvalue weighted by atomic mass is 10.2. The minimum atomic E-state index is -0.00694. The molecule has 2 nitrogen and oxygen atoms in total. The van der Waals surface area contributed by atoms with Crippen LogP contribution >= 0.6 is 11.6 Å². The average Bonchev–Trinajstić information content (AvgIpc) is 1.99. The topological polar surface area (TPSA) is 12.5 Å². The Kier molecular flexibility index (Phi) is 2.58. The molecule has 0 saturated heterocycles. The van der Waals surface area contributed by atoms with Crippen LogP contribution in [-0.4, -0.2) is 25.3 Å². The first-order valence-electron chi connectivity index (χ1n) is 3.46. The number of rotatable bonds is 1. The summed E-state index contributed by atoms with van der Waals surface area (Å²) in [5.74, 6) is 0. The van der Waals surface area contributed by atoms with Crippen LogP contribution in [-0.2, 0) is 4.74 Å². The third kappa shape index (κ3) is 1.57. The summed E-state index contributed by atoms with van der Waals surface area (Å²) < 4.78 is 5.22. The van der Waals surface area contributed by atoms with Gasteiger partial charge in [-0.25, -0.2) is 0 Å². The van der Waals surface area contributed by atoms with Gasteiger partial charge in [-0.05, 0) is 18.6 Å². The van der Waals surface area contributed by atoms with E-state index in [0.29, 0.717) is 0 Å². The first-order chi connectivity index (χ1) is 5.16. The molecule has 0 spiro atoms. The van der Waals surface area contributed by atoms with Gasteiger partial charge in [-0.2, -0.15) is 0 Å². The quantitative estimate of drug-likeness (QED) is 0.601. The number of halogens is 1. The van der Waals surface area contributed by atoms with E-state index in [2.05, 4.69) is 0 Å². The van der Waals surface area contributed by atoms with Gasteiger partial charge in [0.15, 0.2) is 6.23 Å². The summed E-state index contributed by atoms with van der Waals surface area (Å²) in [5.41, 5.74) is 1.05. The standard InChI is InChI=1S/C8H12ClNO/c1-6-7(9)4-5-10(2)8(6)11-3/h4-5,8H,1-3H3. The molecule has 1 rings (SSSR count). The molecule has 1 heterocycles. The van der Waals surface area contributed by atoms with Gasteiger partial charge in [-0.1, -0.05) is 11.6 Å². The van der Waals surface area contributed by atoms with Crippen LogP contribution in [0, 0.1) is 0 Å². The summed E-state index contributed by atoms with van der Waals surface area (Å²) in [4.78, 5) is 1.97. The van der Waals surface area contributed by atoms with Crippen molar-refractivity contribution in [1.82, 2.24) is 4.90 Å². The summed E-state index contributed by atoms with van der Waals surface area (Å²) in [6.45, 7) is 1.97. The second-order valence-corrected chi connectivity index (χ2v) is 3.01. The number of allylic oxidation sites excluding steroid dienone is 2. The van der Waals surface area contributed by atoms with Crippen LogP contribution in [0.15, 0.2) is 22.9 Å². The number of hydrogen-bond acceptors (Lipinski definition) is 2. The molecule has 0 radical (unpaired) electrons. The van der Waals surface area contributed by atoms with Crippen molar-refractivity contribution in [2.45, 2.75) is 13.2 Å². The highest BCUT2D eigenvalue weighted by molar-refractivity contribution is 6.31. The van der Waals surface area contributed by atoms with E-state index in [1.165, 1.54) is 0 Å². The van der Waals surface area contributed by atoms with Crippen molar-refractivity contribution in [2.24, 2.45) is 0 Å². The largest absolute Gasteiger partial charge is 0.358 e. The minimum absolute atomic E-state index is 0.00694. The van der Waals surface area contributed by atoms with Crippen LogP contribution in [0.25, 0.3) is 0 Å². The van der Waals surface area contributed by atoms with Gasteiger partial charge in [0.2, 0.25) is 0 Å². The van der Waals surface area contributed by atoms with Crippen LogP contribution in [0.5, 0.6) is 0 Å². The minimum Gasteiger partial charge on any atom is -0.358 e. The van der Waals surface area contributed by atoms with Gasteiger partial charge in [0.25, 0.3) is 0 Å². The Morgan fingerprint density at radius 1 is 1.64 bits per heavy atom. The molecule has 0 N–H and O–H groups in total. The molecule has 1 aliphatic rings. The van der Waals surface area contributed by atoms with Gasteiger partial charge in [-0.3, -0.25) is 0 Å². The van der Waals surface area contributed by atoms with Crippen molar-refractivity contribution in [3.05, 3.63) is 22.9 Å². The summed E-state index contributed by atoms with van der Waals surface area (Å²) in [5, 5.41) is 0.773. The van der Waals surface area contributed by atoms with Crippen molar-refractivity contribution in [3.8, 4) is 0 Å². The third-order valence-electron chi connectivity index (χ3n) is 1.80. The second kappa shape index (κ2) is 3.28. The fourth-order valence-electron chi connectivity index (χ4n) is 1.16. The Labute approximate surface area is 72.1 Å². The highest BCUT2D eigenvalue weighted by atomic mass is 35.5. The van der Waals surface area contributed by atoms with Gasteiger partial charge < -0.3 is 9.64 Å². The number of nitrogens with zero attached hydrogens (tertiary/aromatic N) is 1. The Balaban J connectivity index is 2.87. The van der Waals surface area contributed by atoms with Crippen LogP contribution in [0.1, 0.15) is 6.92 Å². The summed E-state index contributed by atoms with van der Waals surface area (Å²) in [7, 11) is 3.63. The molecule has 0 fully saturated rings. The third-order valence-corrected chi connectivity index (χ3v) is 2.22. The van der Waals surface area contributed by atoms with Crippen LogP contribution in [0.4, 0.5) is 0 Å². The molecule has 11 heavy (non-hydrogen) atoms. The molecule has 0 aromatic rings. The molecule has 1 unspecified atom stereocenters. The molecule has 62 valence electrons. The van der Waals surface area contributed by atoms with E-state index in [4.69, 9.17) is 16.3 Å². The fraction of sp³-hybridized carbons (Fsp3) is 0.500. The zero-order chi connectivity index (χ0) is 8.43. The van der Waals surface area contributed by atoms with E-state index < -0.39 is 0 Å². The van der Waals surface area contributed by atoms with Crippen molar-refractivity contribution in [2.75, 3.05) is 14.2 Å². The Morgan fingerprint density at radius 2 is 2.27 bits per heavy atom. The van der Waals surface area contributed by atoms with Crippen molar-refractivity contribution >= 4 is 11.6 Å². The van der Waals surface area contributed by atoms with Crippen LogP contribution in [0.2, 0.25) is 0 Å². The molecule has 0 bridgehead atoms. The molecular formula is C8H12ClNO. The van der Waals surface area contributed by atoms with Crippen LogP contribution in [0.3, 0.4) is 0 Å². The SMILES string of the molecule is COC1C(C)=C(Cl)C=CN1C. The first kappa shape index (κ1) is 8.62. The zero-order valence-corrected chi connectivity index (χ0v) is 7.72. The molecule has 0 aliphatic carbocycles. The monoisotopic (exact) mass is 173 g/mol. The lowest BCUT2D eigenvalue weighted by molar-refractivity contribution is 0.0350. The molecule has 0 amide bonds. The van der Waals surface area contributed by atoms with E-state index in [1.807, 2.05) is 31.1 Å². The van der Waals surface area contributed by atoms with Gasteiger partial charge in [0, 0.05) is 25.4 Å². The van der Waals surface area contributed by atoms with Crippen molar-refractivity contribution in [3.63, 3.8) is 0 Å². The molecular weight excluding hydrogens is 162 g/mol. The number of likely N-dealkylation sites (N-methyl/N-ethyl adjacent to an activating group) is 1. The molecule has 0 aromatic carbocycles. The van der Waals surface area contributed by atoms with E-state index in [1.54, 1.807) is 7.11 Å². The highest BCUT2D eigenvalue weighted by Crippen LogP contribution is 2.22.